The Kier molecular flexibility index (Phi) is 43.6. The summed E-state index contributed by atoms with van der Waals surface area (Å²) in [6, 6.07) is 48.2. The second-order valence-electron chi connectivity index (χ2n) is 31.5. The van der Waals surface area contributed by atoms with Gasteiger partial charge in [0.2, 0.25) is 0 Å². The Balaban J connectivity index is 1.48. The molecule has 710 valence electrons. The van der Waals surface area contributed by atoms with Gasteiger partial charge in [-0.05, 0) is 85.6 Å². The summed E-state index contributed by atoms with van der Waals surface area (Å²) < 4.78 is 33.7. The highest BCUT2D eigenvalue weighted by Gasteiger charge is 2.42. The number of benzene rings is 6. The fraction of sp³-hybridized carbons (Fsp3) is 0.375. The van der Waals surface area contributed by atoms with Crippen LogP contribution < -0.4 is 31.1 Å². The zero-order chi connectivity index (χ0) is 97.2. The van der Waals surface area contributed by atoms with Crippen LogP contribution in [0, 0.1) is 23.7 Å². The molecular weight excluding hydrogens is 1800 g/mol. The van der Waals surface area contributed by atoms with Gasteiger partial charge in [0.25, 0.3) is 0 Å². The molecular formula is C96H122O30Si6. The lowest BCUT2D eigenvalue weighted by Crippen LogP contribution is -2.44. The van der Waals surface area contributed by atoms with E-state index in [1.165, 1.54) is 72.8 Å². The highest BCUT2D eigenvalue weighted by molar-refractivity contribution is 6.98. The third-order valence-corrected chi connectivity index (χ3v) is 54.7. The smallest absolute Gasteiger partial charge is 0.432 e. The number of hydrogen-bond acceptors (Lipinski definition) is 30. The van der Waals surface area contributed by atoms with Crippen LogP contribution in [-0.4, -0.2) is 161 Å². The number of ether oxygens (including phenoxy) is 6. The van der Waals surface area contributed by atoms with Crippen LogP contribution in [0.25, 0.3) is 0 Å². The van der Waals surface area contributed by atoms with Gasteiger partial charge in [-0.1, -0.05) is 294 Å². The highest BCUT2D eigenvalue weighted by Crippen LogP contribution is 2.36. The average molecular weight is 1920 g/mol. The summed E-state index contributed by atoms with van der Waals surface area (Å²) in [5.74, 6) is -13.6. The van der Waals surface area contributed by atoms with Crippen LogP contribution in [0.5, 0.6) is 0 Å². The quantitative estimate of drug-likeness (QED) is 0.0113. The molecule has 6 rings (SSSR count). The molecule has 0 aliphatic heterocycles. The Morgan fingerprint density at radius 3 is 0.508 bits per heavy atom. The highest BCUT2D eigenvalue weighted by atomic mass is 28.3. The maximum Gasteiger partial charge on any atom is 0.549 e. The Morgan fingerprint density at radius 1 is 0.220 bits per heavy atom. The van der Waals surface area contributed by atoms with E-state index in [4.69, 9.17) is 87.1 Å². The van der Waals surface area contributed by atoms with Gasteiger partial charge in [-0.2, -0.15) is 28.8 Å². The van der Waals surface area contributed by atoms with Crippen molar-refractivity contribution in [3.8, 4) is 0 Å². The van der Waals surface area contributed by atoms with Gasteiger partial charge in [-0.25, -0.2) is 87.4 Å². The Labute approximate surface area is 776 Å². The summed E-state index contributed by atoms with van der Waals surface area (Å²) in [6.45, 7) is 43.0. The number of carbonyl (C=O) groups excluding carboxylic acids is 12. The minimum atomic E-state index is -2.20. The second kappa shape index (κ2) is 53.1. The van der Waals surface area contributed by atoms with Crippen LogP contribution in [0.2, 0.25) is 72.5 Å². The van der Waals surface area contributed by atoms with E-state index >= 15 is 0 Å². The summed E-state index contributed by atoms with van der Waals surface area (Å²) in [5.41, 5.74) is 11.3. The van der Waals surface area contributed by atoms with Crippen molar-refractivity contribution in [2.75, 3.05) is 39.6 Å². The molecule has 0 spiro atoms. The molecule has 30 nitrogen and oxygen atoms in total. The normalized spacial score (nSPS) is 12.4. The fourth-order valence-electron chi connectivity index (χ4n) is 16.2. The molecule has 4 unspecified atom stereocenters. The van der Waals surface area contributed by atoms with Crippen molar-refractivity contribution in [1.82, 2.24) is 0 Å². The van der Waals surface area contributed by atoms with E-state index < -0.39 is 197 Å². The van der Waals surface area contributed by atoms with Crippen molar-refractivity contribution >= 4 is 152 Å². The first kappa shape index (κ1) is 108. The van der Waals surface area contributed by atoms with Crippen LogP contribution >= 0.6 is 0 Å². The zero-order valence-electron chi connectivity index (χ0n) is 77.3. The van der Waals surface area contributed by atoms with E-state index in [1.807, 2.05) is 117 Å². The molecule has 0 N–H and O–H groups in total. The molecule has 0 heterocycles. The van der Waals surface area contributed by atoms with Gasteiger partial charge in [0.15, 0.2) is 0 Å². The molecule has 132 heavy (non-hydrogen) atoms. The van der Waals surface area contributed by atoms with Crippen LogP contribution in [-0.2, 0) is 87.1 Å². The molecule has 0 amide bonds. The lowest BCUT2D eigenvalue weighted by Gasteiger charge is -2.36. The third-order valence-electron chi connectivity index (χ3n) is 26.0. The second-order valence-corrected chi connectivity index (χ2v) is 59.7. The lowest BCUT2D eigenvalue weighted by atomic mass is 9.74. The number of carbonyl (C=O) groups is 12. The summed E-state index contributed by atoms with van der Waals surface area (Å²) in [6.07, 6.45) is -11.5. The molecule has 0 aliphatic carbocycles. The van der Waals surface area contributed by atoms with Crippen molar-refractivity contribution in [2.45, 2.75) is 168 Å². The van der Waals surface area contributed by atoms with Crippen LogP contribution in [0.1, 0.15) is 158 Å². The number of hydrogen-bond donors (Lipinski definition) is 0. The maximum absolute atomic E-state index is 14.2. The van der Waals surface area contributed by atoms with Gasteiger partial charge < -0.3 is 28.4 Å². The largest absolute Gasteiger partial charge is 0.549 e. The van der Waals surface area contributed by atoms with E-state index in [2.05, 4.69) is 39.5 Å². The van der Waals surface area contributed by atoms with Crippen LogP contribution in [0.15, 0.2) is 219 Å². The van der Waals surface area contributed by atoms with Gasteiger partial charge in [0.1, 0.15) is 48.4 Å². The molecule has 0 aliphatic rings. The summed E-state index contributed by atoms with van der Waals surface area (Å²) in [5, 5.41) is 5.77. The van der Waals surface area contributed by atoms with Gasteiger partial charge in [-0.15, -0.1) is 39.5 Å². The summed E-state index contributed by atoms with van der Waals surface area (Å²) in [4.78, 5) is 225. The topological polar surface area (TPSA) is 371 Å². The molecule has 4 atom stereocenters. The predicted octanol–water partition coefficient (Wildman–Crippen LogP) is 18.3. The molecule has 6 aromatic carbocycles. The Morgan fingerprint density at radius 2 is 0.364 bits per heavy atom. The third kappa shape index (κ3) is 28.8. The minimum absolute atomic E-state index is 0.0260. The monoisotopic (exact) mass is 1920 g/mol. The van der Waals surface area contributed by atoms with Crippen LogP contribution in [0.4, 0.5) is 28.8 Å². The predicted molar refractivity (Wildman–Crippen MR) is 508 cm³/mol. The van der Waals surface area contributed by atoms with Crippen molar-refractivity contribution in [1.29, 1.82) is 0 Å². The standard InChI is InChI=1S/C96H122O30Si6/c1-19-127(20-2,21-3)77-49-37-69(38-50-77)85(97)115-121-91(103)109-63-61-75(65-111-93(105)123-117-87(99)71-41-53-79(54-42-71)129(25-7,26-8)27-9)83(67-113-95(107)125-119-89(101)73-45-57-81(58-46-73)131(31-13,32-14)33-15)84(68-114-96(108)126-120-90(102)74-47-59-82(60-48-74)132(34-16,35-17)36-18)76(66-112-94(106)124-118-88(100)72-43-55-80(56-44-72)130(28-10,29-11)30-12)62-64-110-92(104)122-116-86(98)70-39-51-78(52-40-70)128(22-4,23-5)24-6/h19,22,25,28,31,34,37-60,75-76,83-84H,1,4,7,10,13,16,20-21,23-24,26-27,29-30,32-33,35-36,61-68H2,2-3,5-6,8-9,11-12,14-15,17-18H3. The van der Waals surface area contributed by atoms with E-state index in [1.54, 1.807) is 72.8 Å². The SMILES string of the molecule is C=C[Si](CC)(CC)c1ccc(C(=O)OOC(=O)OCCC(COC(=O)OOC(=O)c2ccc([Si](C=C)(CC)CC)cc2)C(COC(=O)OOC(=O)c2ccc([Si](C=C)(CC)CC)cc2)C(COC(=O)OOC(=O)c2ccc([Si](C=C)(CC)CC)cc2)C(CCOC(=O)OOC(=O)c2ccc([Si](C=C)(CC)CC)cc2)COC(=O)OOC(=O)c2ccc([Si](C=C)(CC)CC)cc2)cc1. The molecule has 0 fully saturated rings. The first-order valence-corrected chi connectivity index (χ1v) is 59.1. The first-order valence-electron chi connectivity index (χ1n) is 44.1. The summed E-state index contributed by atoms with van der Waals surface area (Å²) in [7, 11) is -13.0. The first-order chi connectivity index (χ1) is 63.3. The molecule has 0 saturated heterocycles. The Bertz CT molecular complexity index is 4600. The van der Waals surface area contributed by atoms with Crippen molar-refractivity contribution in [2.24, 2.45) is 23.7 Å². The molecule has 36 heteroatoms. The molecule has 0 radical (unpaired) electrons. The Hall–Kier alpha value is -12.5. The molecule has 0 saturated carbocycles. The zero-order valence-corrected chi connectivity index (χ0v) is 83.3. The van der Waals surface area contributed by atoms with Crippen molar-refractivity contribution in [3.63, 3.8) is 0 Å². The lowest BCUT2D eigenvalue weighted by molar-refractivity contribution is -0.212. The number of rotatable bonds is 47. The molecule has 6 aromatic rings. The average Bonchev–Trinajstić information content (AvgIpc) is 0.832. The van der Waals surface area contributed by atoms with Crippen molar-refractivity contribution < 1.29 is 145 Å². The van der Waals surface area contributed by atoms with Gasteiger partial charge in [0.05, 0.1) is 73.0 Å². The minimum Gasteiger partial charge on any atom is -0.432 e. The molecule has 0 aromatic heterocycles. The van der Waals surface area contributed by atoms with Gasteiger partial charge in [0, 0.05) is 23.7 Å². The fourth-order valence-corrected chi connectivity index (χ4v) is 34.0. The summed E-state index contributed by atoms with van der Waals surface area (Å²) >= 11 is 0. The van der Waals surface area contributed by atoms with E-state index in [0.29, 0.717) is 0 Å². The van der Waals surface area contributed by atoms with E-state index in [-0.39, 0.29) is 33.4 Å². The maximum atomic E-state index is 14.2. The van der Waals surface area contributed by atoms with E-state index in [9.17, 15) is 57.5 Å². The van der Waals surface area contributed by atoms with Gasteiger partial charge >= 0.3 is 72.7 Å². The van der Waals surface area contributed by atoms with Crippen molar-refractivity contribution in [3.05, 3.63) is 253 Å². The van der Waals surface area contributed by atoms with E-state index in [0.717, 1.165) is 104 Å². The van der Waals surface area contributed by atoms with Crippen LogP contribution in [0.3, 0.4) is 0 Å². The molecule has 0 bridgehead atoms. The van der Waals surface area contributed by atoms with Gasteiger partial charge in [-0.3, -0.25) is 0 Å².